The number of rotatable bonds is 9. The Balaban J connectivity index is 2.09. The van der Waals surface area contributed by atoms with E-state index in [0.717, 1.165) is 25.0 Å². The summed E-state index contributed by atoms with van der Waals surface area (Å²) in [6.07, 6.45) is 3.98. The van der Waals surface area contributed by atoms with Crippen molar-refractivity contribution in [2.75, 3.05) is 19.8 Å². The zero-order valence-corrected chi connectivity index (χ0v) is 20.8. The minimum absolute atomic E-state index is 0.0786. The predicted molar refractivity (Wildman–Crippen MR) is 127 cm³/mol. The molecule has 0 bridgehead atoms. The molecule has 12 heteroatoms. The van der Waals surface area contributed by atoms with Crippen molar-refractivity contribution < 1.29 is 32.8 Å². The number of nitro benzene ring substituents is 1. The fourth-order valence-corrected chi connectivity index (χ4v) is 5.50. The molecule has 35 heavy (non-hydrogen) atoms. The number of aliphatic hydroxyl groups excluding tert-OH is 1. The molecule has 1 amide bonds. The minimum atomic E-state index is -4.55. The zero-order valence-electron chi connectivity index (χ0n) is 20.0. The van der Waals surface area contributed by atoms with E-state index in [1.54, 1.807) is 26.8 Å². The normalized spacial score (nSPS) is 20.9. The molecule has 3 rings (SSSR count). The predicted octanol–water partition coefficient (Wildman–Crippen LogP) is 3.02. The van der Waals surface area contributed by atoms with Crippen LogP contribution in [0.25, 0.3) is 0 Å². The fourth-order valence-electron chi connectivity index (χ4n) is 3.97. The molecule has 1 saturated carbocycles. The van der Waals surface area contributed by atoms with Crippen LogP contribution in [0.1, 0.15) is 33.6 Å². The summed E-state index contributed by atoms with van der Waals surface area (Å²) >= 11 is 0. The summed E-state index contributed by atoms with van der Waals surface area (Å²) in [6.45, 7) is 7.92. The molecule has 2 atom stereocenters. The Morgan fingerprint density at radius 3 is 2.54 bits per heavy atom. The van der Waals surface area contributed by atoms with Gasteiger partial charge in [0.25, 0.3) is 15.7 Å². The Kier molecular flexibility index (Phi) is 8.00. The van der Waals surface area contributed by atoms with Gasteiger partial charge in [0.1, 0.15) is 5.60 Å². The number of sulfonamides is 1. The van der Waals surface area contributed by atoms with Gasteiger partial charge in [-0.2, -0.15) is 0 Å². The van der Waals surface area contributed by atoms with Gasteiger partial charge < -0.3 is 9.84 Å². The molecule has 11 nitrogen and oxygen atoms in total. The highest BCUT2D eigenvalue weighted by Gasteiger charge is 2.45. The molecule has 1 heterocycles. The van der Waals surface area contributed by atoms with E-state index in [1.807, 2.05) is 0 Å². The number of amides is 1. The maximum Gasteiger partial charge on any atom is 0.410 e. The lowest BCUT2D eigenvalue weighted by atomic mass is 9.94. The first-order chi connectivity index (χ1) is 16.4. The second-order valence-corrected chi connectivity index (χ2v) is 11.2. The van der Waals surface area contributed by atoms with Gasteiger partial charge in [-0.05, 0) is 51.2 Å². The smallest absolute Gasteiger partial charge is 0.410 e. The average Bonchev–Trinajstić information content (AvgIpc) is 3.62. The number of para-hydroxylation sites is 1. The minimum Gasteiger partial charge on any atom is -0.444 e. The van der Waals surface area contributed by atoms with E-state index in [2.05, 4.69) is 6.58 Å². The van der Waals surface area contributed by atoms with Gasteiger partial charge in [-0.1, -0.05) is 28.8 Å². The average molecular weight is 510 g/mol. The maximum absolute atomic E-state index is 13.7. The van der Waals surface area contributed by atoms with Gasteiger partial charge in [-0.3, -0.25) is 19.9 Å². The van der Waals surface area contributed by atoms with E-state index in [9.17, 15) is 28.4 Å². The number of ether oxygens (including phenoxy) is 1. The highest BCUT2D eigenvalue weighted by Crippen LogP contribution is 2.42. The Hall–Kier alpha value is -2.80. The van der Waals surface area contributed by atoms with Gasteiger partial charge in [0.15, 0.2) is 4.90 Å². The molecule has 1 aliphatic carbocycles. The third-order valence-electron chi connectivity index (χ3n) is 5.55. The molecule has 1 fully saturated rings. The van der Waals surface area contributed by atoms with Gasteiger partial charge in [0.05, 0.1) is 30.2 Å². The van der Waals surface area contributed by atoms with Crippen molar-refractivity contribution in [3.05, 3.63) is 58.7 Å². The van der Waals surface area contributed by atoms with Crippen LogP contribution in [0.4, 0.5) is 10.5 Å². The molecule has 0 spiro atoms. The highest BCUT2D eigenvalue weighted by molar-refractivity contribution is 7.89. The van der Waals surface area contributed by atoms with Crippen molar-refractivity contribution in [3.8, 4) is 0 Å². The molecule has 1 aliphatic heterocycles. The summed E-state index contributed by atoms with van der Waals surface area (Å²) in [5.74, 6) is 0.0786. The van der Waals surface area contributed by atoms with Gasteiger partial charge >= 0.3 is 6.09 Å². The number of benzene rings is 1. The summed E-state index contributed by atoms with van der Waals surface area (Å²) in [7, 11) is -4.55. The van der Waals surface area contributed by atoms with E-state index in [4.69, 9.17) is 9.57 Å². The first-order valence-corrected chi connectivity index (χ1v) is 12.7. The van der Waals surface area contributed by atoms with Crippen LogP contribution in [-0.4, -0.2) is 71.4 Å². The Morgan fingerprint density at radius 2 is 2.00 bits per heavy atom. The lowest BCUT2D eigenvalue weighted by molar-refractivity contribution is -0.387. The van der Waals surface area contributed by atoms with E-state index in [0.29, 0.717) is 10.0 Å². The van der Waals surface area contributed by atoms with Crippen molar-refractivity contribution in [2.24, 2.45) is 5.92 Å². The lowest BCUT2D eigenvalue weighted by Crippen LogP contribution is -2.56. The number of nitrogens with zero attached hydrogens (tertiary/aromatic N) is 3. The zero-order chi connectivity index (χ0) is 26.0. The Morgan fingerprint density at radius 1 is 1.34 bits per heavy atom. The summed E-state index contributed by atoms with van der Waals surface area (Å²) in [4.78, 5) is 30.1. The van der Waals surface area contributed by atoms with Gasteiger partial charge in [0.2, 0.25) is 0 Å². The van der Waals surface area contributed by atoms with Crippen molar-refractivity contribution in [1.29, 1.82) is 0 Å². The van der Waals surface area contributed by atoms with Crippen LogP contribution in [0.15, 0.2) is 53.5 Å². The quantitative estimate of drug-likeness (QED) is 0.304. The molecule has 1 unspecified atom stereocenters. The second-order valence-electron chi connectivity index (χ2n) is 9.41. The number of aliphatic hydroxyl groups is 1. The van der Waals surface area contributed by atoms with Gasteiger partial charge in [0, 0.05) is 12.6 Å². The van der Waals surface area contributed by atoms with Crippen molar-refractivity contribution in [3.63, 3.8) is 0 Å². The first kappa shape index (κ1) is 26.8. The third-order valence-corrected chi connectivity index (χ3v) is 7.30. The summed E-state index contributed by atoms with van der Waals surface area (Å²) in [5.41, 5.74) is -0.706. The van der Waals surface area contributed by atoms with Crippen LogP contribution < -0.4 is 0 Å². The molecule has 2 aliphatic rings. The summed E-state index contributed by atoms with van der Waals surface area (Å²) < 4.78 is 33.5. The largest absolute Gasteiger partial charge is 0.444 e. The molecule has 1 aromatic carbocycles. The number of hydrogen-bond acceptors (Lipinski definition) is 8. The van der Waals surface area contributed by atoms with Crippen molar-refractivity contribution in [1.82, 2.24) is 9.37 Å². The molecule has 1 aromatic rings. The number of carbonyl (C=O) groups excluding carboxylic acids is 1. The Bertz CT molecular complexity index is 1110. The molecular weight excluding hydrogens is 478 g/mol. The van der Waals surface area contributed by atoms with E-state index < -0.39 is 49.3 Å². The molecule has 1 N–H and O–H groups in total. The van der Waals surface area contributed by atoms with Crippen molar-refractivity contribution in [2.45, 2.75) is 56.2 Å². The molecule has 0 aromatic heterocycles. The van der Waals surface area contributed by atoms with Crippen LogP contribution in [0.3, 0.4) is 0 Å². The van der Waals surface area contributed by atoms with Crippen LogP contribution in [0.5, 0.6) is 0 Å². The molecular formula is C23H31N3O8S. The number of hydrogen-bond donors (Lipinski definition) is 1. The topological polar surface area (TPSA) is 140 Å². The number of nitro groups is 1. The number of hydroxylamine groups is 1. The molecule has 0 saturated heterocycles. The van der Waals surface area contributed by atoms with Crippen LogP contribution in [-0.2, 0) is 19.6 Å². The van der Waals surface area contributed by atoms with E-state index in [1.165, 1.54) is 23.1 Å². The second kappa shape index (κ2) is 10.4. The number of carbonyl (C=O) groups is 1. The van der Waals surface area contributed by atoms with E-state index >= 15 is 0 Å². The van der Waals surface area contributed by atoms with Crippen LogP contribution in [0, 0.1) is 16.0 Å². The maximum atomic E-state index is 13.7. The standard InChI is InChI=1S/C23H31N3O8S/c1-5-12-33-26(35(31,32)21-9-7-6-8-19(21)25(29)30)17-13-18(16-10-11-16)20(15-27)24(14-17)22(28)34-23(2,3)4/h5-9,13,16-17,20,27H,1,10-12,14-15H2,2-4H3/t17?,20-/m1/s1. The monoisotopic (exact) mass is 509 g/mol. The van der Waals surface area contributed by atoms with Crippen molar-refractivity contribution >= 4 is 21.8 Å². The Labute approximate surface area is 204 Å². The summed E-state index contributed by atoms with van der Waals surface area (Å²) in [5, 5.41) is 21.7. The van der Waals surface area contributed by atoms with Crippen LogP contribution >= 0.6 is 0 Å². The fraction of sp³-hybridized carbons (Fsp3) is 0.522. The van der Waals surface area contributed by atoms with Gasteiger partial charge in [-0.25, -0.2) is 13.2 Å². The molecule has 0 radical (unpaired) electrons. The first-order valence-electron chi connectivity index (χ1n) is 11.2. The SMILES string of the molecule is C=CCON(C1C=C(C2CC2)[C@@H](CO)N(C(=O)OC(C)(C)C)C1)S(=O)(=O)c1ccccc1[N+](=O)[O-]. The lowest BCUT2D eigenvalue weighted by Gasteiger charge is -2.41. The summed E-state index contributed by atoms with van der Waals surface area (Å²) in [6, 6.07) is 3.28. The highest BCUT2D eigenvalue weighted by atomic mass is 32.2. The third kappa shape index (κ3) is 6.07. The van der Waals surface area contributed by atoms with Gasteiger partial charge in [-0.15, -0.1) is 6.58 Å². The van der Waals surface area contributed by atoms with E-state index in [-0.39, 0.29) is 25.7 Å². The van der Waals surface area contributed by atoms with Crippen LogP contribution in [0.2, 0.25) is 0 Å². The molecule has 192 valence electrons.